The van der Waals surface area contributed by atoms with Gasteiger partial charge in [0.05, 0.1) is 6.07 Å². The minimum absolute atomic E-state index is 0.329. The van der Waals surface area contributed by atoms with Crippen molar-refractivity contribution in [2.45, 2.75) is 50.3 Å². The highest BCUT2D eigenvalue weighted by Gasteiger charge is 2.57. The van der Waals surface area contributed by atoms with Crippen LogP contribution in [0, 0.1) is 11.3 Å². The van der Waals surface area contributed by atoms with Gasteiger partial charge in [-0.05, 0) is 13.8 Å². The van der Waals surface area contributed by atoms with Gasteiger partial charge in [-0.1, -0.05) is 0 Å². The Morgan fingerprint density at radius 1 is 1.38 bits per heavy atom. The molecule has 0 spiro atoms. The van der Waals surface area contributed by atoms with Crippen LogP contribution in [0.4, 0.5) is 0 Å². The van der Waals surface area contributed by atoms with Crippen LogP contribution >= 0.6 is 0 Å². The highest BCUT2D eigenvalue weighted by Crippen LogP contribution is 2.39. The molecule has 90 valence electrons. The second-order valence-corrected chi connectivity index (χ2v) is 4.42. The molecule has 2 aliphatic heterocycles. The second-order valence-electron chi connectivity index (χ2n) is 4.42. The summed E-state index contributed by atoms with van der Waals surface area (Å²) in [6, 6.07) is 1.21. The highest BCUT2D eigenvalue weighted by atomic mass is 16.8. The highest BCUT2D eigenvalue weighted by molar-refractivity contribution is 5.05. The number of nitriles is 1. The van der Waals surface area contributed by atoms with E-state index in [0.29, 0.717) is 0 Å². The summed E-state index contributed by atoms with van der Waals surface area (Å²) in [5, 5.41) is 8.81. The summed E-state index contributed by atoms with van der Waals surface area (Å²) in [5.41, 5.74) is 5.66. The van der Waals surface area contributed by atoms with Crippen LogP contribution in [-0.2, 0) is 18.9 Å². The van der Waals surface area contributed by atoms with Gasteiger partial charge in [-0.25, -0.2) is 0 Å². The van der Waals surface area contributed by atoms with Gasteiger partial charge in [0, 0.05) is 7.11 Å². The average Bonchev–Trinajstić information content (AvgIpc) is 2.69. The van der Waals surface area contributed by atoms with Crippen molar-refractivity contribution < 1.29 is 18.9 Å². The van der Waals surface area contributed by atoms with E-state index in [1.807, 2.05) is 19.9 Å². The third-order valence-corrected chi connectivity index (χ3v) is 2.78. The summed E-state index contributed by atoms with van der Waals surface area (Å²) in [5.74, 6) is -0.691. The Morgan fingerprint density at radius 3 is 2.56 bits per heavy atom. The van der Waals surface area contributed by atoms with E-state index in [1.165, 1.54) is 7.11 Å². The fourth-order valence-electron chi connectivity index (χ4n) is 2.14. The van der Waals surface area contributed by atoms with Gasteiger partial charge >= 0.3 is 0 Å². The first-order valence-electron chi connectivity index (χ1n) is 5.17. The van der Waals surface area contributed by atoms with Gasteiger partial charge in [-0.2, -0.15) is 5.26 Å². The van der Waals surface area contributed by atoms with Crippen LogP contribution in [0.15, 0.2) is 0 Å². The first-order valence-corrected chi connectivity index (χ1v) is 5.17. The molecule has 2 fully saturated rings. The van der Waals surface area contributed by atoms with E-state index < -0.39 is 24.2 Å². The molecule has 16 heavy (non-hydrogen) atoms. The molecule has 0 radical (unpaired) electrons. The standard InChI is InChI=1S/C10H16N2O4/c1-10(2)15-7-6(5(12)4-11)14-9(13-3)8(7)16-10/h5-9H,12H2,1-3H3/t5-,6+,7-,8-,9-/m0/s1. The summed E-state index contributed by atoms with van der Waals surface area (Å²) < 4.78 is 22.0. The number of fused-ring (bicyclic) bond motifs is 1. The number of rotatable bonds is 2. The Morgan fingerprint density at radius 2 is 2.00 bits per heavy atom. The zero-order valence-electron chi connectivity index (χ0n) is 9.54. The molecule has 0 aromatic heterocycles. The molecule has 2 heterocycles. The van der Waals surface area contributed by atoms with E-state index in [2.05, 4.69) is 0 Å². The van der Waals surface area contributed by atoms with Crippen LogP contribution in [0.2, 0.25) is 0 Å². The molecule has 6 nitrogen and oxygen atoms in total. The van der Waals surface area contributed by atoms with E-state index in [1.54, 1.807) is 0 Å². The van der Waals surface area contributed by atoms with Gasteiger partial charge in [0.1, 0.15) is 24.4 Å². The fraction of sp³-hybridized carbons (Fsp3) is 0.900. The lowest BCUT2D eigenvalue weighted by atomic mass is 10.1. The molecule has 2 saturated heterocycles. The number of hydrogen-bond acceptors (Lipinski definition) is 6. The van der Waals surface area contributed by atoms with E-state index in [9.17, 15) is 0 Å². The Hall–Kier alpha value is -0.710. The Balaban J connectivity index is 2.18. The van der Waals surface area contributed by atoms with Crippen molar-refractivity contribution in [2.24, 2.45) is 5.73 Å². The van der Waals surface area contributed by atoms with E-state index in [-0.39, 0.29) is 12.2 Å². The predicted molar refractivity (Wildman–Crippen MR) is 53.1 cm³/mol. The van der Waals surface area contributed by atoms with Crippen molar-refractivity contribution in [3.8, 4) is 6.07 Å². The van der Waals surface area contributed by atoms with Crippen molar-refractivity contribution in [1.82, 2.24) is 0 Å². The molecule has 0 bridgehead atoms. The molecule has 0 aromatic carbocycles. The van der Waals surface area contributed by atoms with Gasteiger partial charge in [0.2, 0.25) is 0 Å². The van der Waals surface area contributed by atoms with Crippen molar-refractivity contribution >= 4 is 0 Å². The molecule has 2 N–H and O–H groups in total. The Kier molecular flexibility index (Phi) is 2.90. The SMILES string of the molecule is CO[C@H]1O[C@H]([C@@H](N)C#N)[C@@H]2OC(C)(C)O[C@H]12. The third kappa shape index (κ3) is 1.81. The third-order valence-electron chi connectivity index (χ3n) is 2.78. The van der Waals surface area contributed by atoms with Crippen LogP contribution in [0.25, 0.3) is 0 Å². The van der Waals surface area contributed by atoms with E-state index in [0.717, 1.165) is 0 Å². The largest absolute Gasteiger partial charge is 0.353 e. The topological polar surface area (TPSA) is 86.7 Å². The predicted octanol–water partition coefficient (Wildman–Crippen LogP) is -0.271. The summed E-state index contributed by atoms with van der Waals surface area (Å²) in [6.07, 6.45) is -1.73. The van der Waals surface area contributed by atoms with Crippen molar-refractivity contribution in [3.05, 3.63) is 0 Å². The maximum Gasteiger partial charge on any atom is 0.186 e. The number of hydrogen-bond donors (Lipinski definition) is 1. The molecular formula is C10H16N2O4. The number of nitrogens with two attached hydrogens (primary N) is 1. The molecule has 2 rings (SSSR count). The van der Waals surface area contributed by atoms with Crippen molar-refractivity contribution in [3.63, 3.8) is 0 Å². The smallest absolute Gasteiger partial charge is 0.186 e. The van der Waals surface area contributed by atoms with Gasteiger partial charge in [-0.3, -0.25) is 0 Å². The summed E-state index contributed by atoms with van der Waals surface area (Å²) in [4.78, 5) is 0. The maximum atomic E-state index is 8.81. The summed E-state index contributed by atoms with van der Waals surface area (Å²) in [6.45, 7) is 3.62. The van der Waals surface area contributed by atoms with Crippen LogP contribution in [0.1, 0.15) is 13.8 Å². The Bertz CT molecular complexity index is 314. The quantitative estimate of drug-likeness (QED) is 0.700. The molecule has 2 aliphatic rings. The van der Waals surface area contributed by atoms with Crippen molar-refractivity contribution in [1.29, 1.82) is 5.26 Å². The van der Waals surface area contributed by atoms with E-state index in [4.69, 9.17) is 29.9 Å². The minimum Gasteiger partial charge on any atom is -0.353 e. The monoisotopic (exact) mass is 228 g/mol. The number of nitrogens with zero attached hydrogens (tertiary/aromatic N) is 1. The van der Waals surface area contributed by atoms with Gasteiger partial charge in [0.25, 0.3) is 0 Å². The lowest BCUT2D eigenvalue weighted by Crippen LogP contribution is -2.42. The molecule has 0 unspecified atom stereocenters. The fourth-order valence-corrected chi connectivity index (χ4v) is 2.14. The summed E-state index contributed by atoms with van der Waals surface area (Å²) in [7, 11) is 1.52. The molecule has 0 amide bonds. The van der Waals surface area contributed by atoms with E-state index >= 15 is 0 Å². The van der Waals surface area contributed by atoms with Crippen LogP contribution in [0.3, 0.4) is 0 Å². The minimum atomic E-state index is -0.745. The number of methoxy groups -OCH3 is 1. The summed E-state index contributed by atoms with van der Waals surface area (Å²) >= 11 is 0. The molecule has 0 aromatic rings. The van der Waals surface area contributed by atoms with Crippen LogP contribution in [-0.4, -0.2) is 43.5 Å². The molecule has 0 saturated carbocycles. The molecule has 0 aliphatic carbocycles. The van der Waals surface area contributed by atoms with Gasteiger partial charge < -0.3 is 24.7 Å². The van der Waals surface area contributed by atoms with Crippen LogP contribution in [0.5, 0.6) is 0 Å². The van der Waals surface area contributed by atoms with Gasteiger partial charge in [0.15, 0.2) is 12.1 Å². The molecule has 5 atom stereocenters. The van der Waals surface area contributed by atoms with Gasteiger partial charge in [-0.15, -0.1) is 0 Å². The second kappa shape index (κ2) is 3.95. The zero-order chi connectivity index (χ0) is 11.9. The first kappa shape index (κ1) is 11.8. The molecule has 6 heteroatoms. The van der Waals surface area contributed by atoms with Crippen molar-refractivity contribution in [2.75, 3.05) is 7.11 Å². The normalized spacial score (nSPS) is 42.7. The zero-order valence-corrected chi connectivity index (χ0v) is 9.54. The lowest BCUT2D eigenvalue weighted by Gasteiger charge is -2.24. The lowest BCUT2D eigenvalue weighted by molar-refractivity contribution is -0.227. The van der Waals surface area contributed by atoms with Crippen LogP contribution < -0.4 is 5.73 Å². The maximum absolute atomic E-state index is 8.81. The Labute approximate surface area is 94.2 Å². The first-order chi connectivity index (χ1) is 7.48. The molecular weight excluding hydrogens is 212 g/mol. The average molecular weight is 228 g/mol. The number of ether oxygens (including phenoxy) is 4.